The minimum atomic E-state index is 0.136. The van der Waals surface area contributed by atoms with Gasteiger partial charge in [0.1, 0.15) is 0 Å². The van der Waals surface area contributed by atoms with Gasteiger partial charge in [0, 0.05) is 12.0 Å². The summed E-state index contributed by atoms with van der Waals surface area (Å²) >= 11 is 0. The van der Waals surface area contributed by atoms with Crippen LogP contribution in [0.4, 0.5) is 0 Å². The fraction of sp³-hybridized carbons (Fsp3) is 0.643. The van der Waals surface area contributed by atoms with E-state index in [9.17, 15) is 4.79 Å². The normalized spacial score (nSPS) is 19.9. The van der Waals surface area contributed by atoms with Crippen LogP contribution in [0, 0.1) is 5.41 Å². The quantitative estimate of drug-likeness (QED) is 0.524. The molecule has 0 amide bonds. The van der Waals surface area contributed by atoms with Crippen molar-refractivity contribution in [2.75, 3.05) is 6.61 Å². The highest BCUT2D eigenvalue weighted by Gasteiger charge is 2.24. The maximum Gasteiger partial charge on any atom is 0.162 e. The molecule has 1 aliphatic carbocycles. The number of carbonyl (C=O) groups is 1. The number of carbonyl (C=O) groups excluding carboxylic acids is 1. The second-order valence-corrected chi connectivity index (χ2v) is 5.04. The van der Waals surface area contributed by atoms with Crippen molar-refractivity contribution in [3.63, 3.8) is 0 Å². The first kappa shape index (κ1) is 13.0. The molecule has 0 fully saturated rings. The van der Waals surface area contributed by atoms with Gasteiger partial charge in [-0.25, -0.2) is 0 Å². The maximum absolute atomic E-state index is 11.6. The summed E-state index contributed by atoms with van der Waals surface area (Å²) in [6, 6.07) is 0. The lowest BCUT2D eigenvalue weighted by Crippen LogP contribution is -2.19. The molecular formula is C14H22O2. The van der Waals surface area contributed by atoms with Crippen LogP contribution < -0.4 is 0 Å². The molecule has 0 aromatic carbocycles. The molecule has 0 aliphatic heterocycles. The summed E-state index contributed by atoms with van der Waals surface area (Å²) in [5, 5.41) is 0. The first-order chi connectivity index (χ1) is 7.55. The van der Waals surface area contributed by atoms with Gasteiger partial charge in [-0.15, -0.1) is 0 Å². The van der Waals surface area contributed by atoms with Gasteiger partial charge < -0.3 is 4.74 Å². The van der Waals surface area contributed by atoms with Crippen molar-refractivity contribution in [1.82, 2.24) is 0 Å². The van der Waals surface area contributed by atoms with E-state index in [0.29, 0.717) is 6.42 Å². The van der Waals surface area contributed by atoms with Crippen molar-refractivity contribution in [2.24, 2.45) is 5.41 Å². The minimum Gasteiger partial charge on any atom is -0.501 e. The van der Waals surface area contributed by atoms with Crippen LogP contribution in [0.25, 0.3) is 0 Å². The molecule has 0 N–H and O–H groups in total. The Kier molecular flexibility index (Phi) is 4.78. The van der Waals surface area contributed by atoms with Gasteiger partial charge in [0.15, 0.2) is 5.78 Å². The third-order valence-corrected chi connectivity index (χ3v) is 2.82. The van der Waals surface area contributed by atoms with Crippen LogP contribution >= 0.6 is 0 Å². The molecule has 0 radical (unpaired) electrons. The van der Waals surface area contributed by atoms with E-state index in [4.69, 9.17) is 4.74 Å². The Labute approximate surface area is 98.4 Å². The van der Waals surface area contributed by atoms with Crippen molar-refractivity contribution in [3.8, 4) is 0 Å². The van der Waals surface area contributed by atoms with E-state index >= 15 is 0 Å². The number of hydrogen-bond acceptors (Lipinski definition) is 2. The topological polar surface area (TPSA) is 26.3 Å². The molecule has 0 aromatic rings. The molecule has 0 saturated heterocycles. The molecule has 16 heavy (non-hydrogen) atoms. The highest BCUT2D eigenvalue weighted by molar-refractivity contribution is 5.98. The zero-order valence-electron chi connectivity index (χ0n) is 10.6. The van der Waals surface area contributed by atoms with Gasteiger partial charge in [-0.2, -0.15) is 0 Å². The summed E-state index contributed by atoms with van der Waals surface area (Å²) in [5.74, 6) is 0.231. The van der Waals surface area contributed by atoms with Crippen LogP contribution in [0.2, 0.25) is 0 Å². The number of ketones is 1. The zero-order valence-corrected chi connectivity index (χ0v) is 10.6. The van der Waals surface area contributed by atoms with Crippen LogP contribution in [0.15, 0.2) is 24.0 Å². The molecular weight excluding hydrogens is 200 g/mol. The predicted octanol–water partition coefficient (Wildman–Crippen LogP) is 3.63. The number of Topliss-reactive ketones (excluding diaryl/α,β-unsaturated/α-hetero) is 1. The second-order valence-electron chi connectivity index (χ2n) is 5.04. The average Bonchev–Trinajstić information content (AvgIpc) is 2.23. The Morgan fingerprint density at radius 1 is 1.50 bits per heavy atom. The summed E-state index contributed by atoms with van der Waals surface area (Å²) in [6.45, 7) is 7.18. The lowest BCUT2D eigenvalue weighted by Gasteiger charge is -2.25. The third kappa shape index (κ3) is 4.21. The highest BCUT2D eigenvalue weighted by Crippen LogP contribution is 2.31. The van der Waals surface area contributed by atoms with Crippen molar-refractivity contribution in [2.45, 2.75) is 46.5 Å². The van der Waals surface area contributed by atoms with E-state index in [2.05, 4.69) is 26.8 Å². The summed E-state index contributed by atoms with van der Waals surface area (Å²) in [6.07, 6.45) is 9.29. The molecule has 2 heteroatoms. The monoisotopic (exact) mass is 222 g/mol. The molecule has 0 atom stereocenters. The van der Waals surface area contributed by atoms with E-state index in [1.165, 1.54) is 0 Å². The summed E-state index contributed by atoms with van der Waals surface area (Å²) in [5.41, 5.74) is 0.935. The Balaban J connectivity index is 2.51. The maximum atomic E-state index is 11.6. The van der Waals surface area contributed by atoms with Gasteiger partial charge in [0.2, 0.25) is 0 Å². The molecule has 1 aliphatic rings. The molecule has 0 aromatic heterocycles. The Morgan fingerprint density at radius 2 is 2.25 bits per heavy atom. The first-order valence-corrected chi connectivity index (χ1v) is 6.09. The fourth-order valence-corrected chi connectivity index (χ4v) is 1.71. The van der Waals surface area contributed by atoms with Crippen molar-refractivity contribution in [1.29, 1.82) is 0 Å². The largest absolute Gasteiger partial charge is 0.501 e. The number of hydrogen-bond donors (Lipinski definition) is 0. The van der Waals surface area contributed by atoms with Crippen molar-refractivity contribution in [3.05, 3.63) is 24.0 Å². The van der Waals surface area contributed by atoms with E-state index in [1.54, 1.807) is 12.3 Å². The molecule has 0 unspecified atom stereocenters. The van der Waals surface area contributed by atoms with Crippen LogP contribution in [0.5, 0.6) is 0 Å². The lowest BCUT2D eigenvalue weighted by molar-refractivity contribution is -0.116. The van der Waals surface area contributed by atoms with Crippen LogP contribution in [-0.4, -0.2) is 12.4 Å². The summed E-state index contributed by atoms with van der Waals surface area (Å²) < 4.78 is 5.32. The second kappa shape index (κ2) is 5.88. The Morgan fingerprint density at radius 3 is 2.94 bits per heavy atom. The smallest absolute Gasteiger partial charge is 0.162 e. The zero-order chi connectivity index (χ0) is 12.0. The van der Waals surface area contributed by atoms with Crippen LogP contribution in [0.1, 0.15) is 46.5 Å². The van der Waals surface area contributed by atoms with E-state index in [1.807, 2.05) is 0 Å². The molecule has 0 spiro atoms. The van der Waals surface area contributed by atoms with Gasteiger partial charge >= 0.3 is 0 Å². The first-order valence-electron chi connectivity index (χ1n) is 6.09. The van der Waals surface area contributed by atoms with Crippen molar-refractivity contribution < 1.29 is 9.53 Å². The van der Waals surface area contributed by atoms with E-state index < -0.39 is 0 Å². The summed E-state index contributed by atoms with van der Waals surface area (Å²) in [7, 11) is 0. The van der Waals surface area contributed by atoms with Gasteiger partial charge in [0.05, 0.1) is 12.9 Å². The standard InChI is InChI=1S/C14H22O2/c1-4-5-9-16-10-7-12-11-14(2,3)8-6-13(12)15/h7,10-11H,4-6,8-9H2,1-3H3/b10-7+. The number of unbranched alkanes of at least 4 members (excludes halogenated alkanes) is 1. The van der Waals surface area contributed by atoms with Crippen LogP contribution in [0.3, 0.4) is 0 Å². The molecule has 0 saturated carbocycles. The minimum absolute atomic E-state index is 0.136. The summed E-state index contributed by atoms with van der Waals surface area (Å²) in [4.78, 5) is 11.6. The molecule has 90 valence electrons. The Bertz CT molecular complexity index is 298. The van der Waals surface area contributed by atoms with E-state index in [-0.39, 0.29) is 11.2 Å². The predicted molar refractivity (Wildman–Crippen MR) is 66.1 cm³/mol. The SMILES string of the molecule is CCCCO/C=C/C1=CC(C)(C)CCC1=O. The molecule has 0 heterocycles. The number of rotatable bonds is 5. The third-order valence-electron chi connectivity index (χ3n) is 2.82. The molecule has 2 nitrogen and oxygen atoms in total. The van der Waals surface area contributed by atoms with Gasteiger partial charge in [-0.1, -0.05) is 33.3 Å². The van der Waals surface area contributed by atoms with Gasteiger partial charge in [-0.3, -0.25) is 4.79 Å². The number of ether oxygens (including phenoxy) is 1. The molecule has 1 rings (SSSR count). The number of allylic oxidation sites excluding steroid dienone is 3. The lowest BCUT2D eigenvalue weighted by atomic mass is 9.79. The highest BCUT2D eigenvalue weighted by atomic mass is 16.5. The van der Waals surface area contributed by atoms with Gasteiger partial charge in [-0.05, 0) is 24.3 Å². The fourth-order valence-electron chi connectivity index (χ4n) is 1.71. The van der Waals surface area contributed by atoms with Crippen LogP contribution in [-0.2, 0) is 9.53 Å². The van der Waals surface area contributed by atoms with E-state index in [0.717, 1.165) is 31.4 Å². The average molecular weight is 222 g/mol. The van der Waals surface area contributed by atoms with Gasteiger partial charge in [0.25, 0.3) is 0 Å². The molecule has 0 bridgehead atoms. The Hall–Kier alpha value is -1.05. The van der Waals surface area contributed by atoms with Crippen molar-refractivity contribution >= 4 is 5.78 Å².